The SMILES string of the molecule is CNC(=N)/N=C(\C)N. The number of nitrogens with zero attached hydrogens (tertiary/aromatic N) is 1. The van der Waals surface area contributed by atoms with Crippen molar-refractivity contribution in [2.45, 2.75) is 6.92 Å². The van der Waals surface area contributed by atoms with E-state index < -0.39 is 0 Å². The lowest BCUT2D eigenvalue weighted by molar-refractivity contribution is 1.11. The first kappa shape index (κ1) is 6.94. The minimum atomic E-state index is 0.0880. The third kappa shape index (κ3) is 3.14. The maximum atomic E-state index is 6.89. The highest BCUT2D eigenvalue weighted by Gasteiger charge is 1.83. The topological polar surface area (TPSA) is 74.3 Å². The Morgan fingerprint density at radius 2 is 2.25 bits per heavy atom. The first-order valence-corrected chi connectivity index (χ1v) is 2.24. The number of nitrogens with two attached hydrogens (primary N) is 1. The molecule has 0 aromatic carbocycles. The van der Waals surface area contributed by atoms with Gasteiger partial charge in [-0.1, -0.05) is 0 Å². The molecule has 0 heterocycles. The second kappa shape index (κ2) is 3.01. The van der Waals surface area contributed by atoms with Gasteiger partial charge in [-0.15, -0.1) is 0 Å². The molecule has 8 heavy (non-hydrogen) atoms. The summed E-state index contributed by atoms with van der Waals surface area (Å²) in [7, 11) is 1.62. The Labute approximate surface area is 48.3 Å². The summed E-state index contributed by atoms with van der Waals surface area (Å²) in [6.45, 7) is 1.63. The second-order valence-electron chi connectivity index (χ2n) is 1.35. The average Bonchev–Trinajstić information content (AvgIpc) is 1.65. The molecular weight excluding hydrogens is 104 g/mol. The van der Waals surface area contributed by atoms with Crippen molar-refractivity contribution in [2.24, 2.45) is 10.7 Å². The van der Waals surface area contributed by atoms with Crippen molar-refractivity contribution in [1.29, 1.82) is 5.41 Å². The van der Waals surface area contributed by atoms with Gasteiger partial charge in [0.15, 0.2) is 0 Å². The predicted molar refractivity (Wildman–Crippen MR) is 34.1 cm³/mol. The van der Waals surface area contributed by atoms with E-state index in [0.717, 1.165) is 0 Å². The molecule has 0 amide bonds. The molecule has 46 valence electrons. The number of aliphatic imine (C=N–C) groups is 1. The summed E-state index contributed by atoms with van der Waals surface area (Å²) in [4.78, 5) is 3.56. The van der Waals surface area contributed by atoms with Crippen LogP contribution in [0.2, 0.25) is 0 Å². The molecule has 0 saturated heterocycles. The van der Waals surface area contributed by atoms with Crippen LogP contribution in [0.5, 0.6) is 0 Å². The van der Waals surface area contributed by atoms with Gasteiger partial charge in [-0.25, -0.2) is 4.99 Å². The van der Waals surface area contributed by atoms with Crippen molar-refractivity contribution in [3.8, 4) is 0 Å². The molecule has 0 bridgehead atoms. The molecule has 0 aliphatic carbocycles. The van der Waals surface area contributed by atoms with Gasteiger partial charge in [0.2, 0.25) is 5.96 Å². The highest BCUT2D eigenvalue weighted by Crippen LogP contribution is 1.67. The third-order valence-corrected chi connectivity index (χ3v) is 0.525. The Morgan fingerprint density at radius 1 is 1.75 bits per heavy atom. The number of hydrogen-bond donors (Lipinski definition) is 3. The maximum Gasteiger partial charge on any atom is 0.216 e. The maximum absolute atomic E-state index is 6.89. The summed E-state index contributed by atoms with van der Waals surface area (Å²) in [6, 6.07) is 0. The third-order valence-electron chi connectivity index (χ3n) is 0.525. The summed E-state index contributed by atoms with van der Waals surface area (Å²) in [5.41, 5.74) is 5.14. The van der Waals surface area contributed by atoms with Crippen molar-refractivity contribution in [1.82, 2.24) is 5.32 Å². The van der Waals surface area contributed by atoms with Crippen LogP contribution in [0.1, 0.15) is 6.92 Å². The minimum absolute atomic E-state index is 0.0880. The highest BCUT2D eigenvalue weighted by molar-refractivity contribution is 5.92. The molecule has 0 spiro atoms. The standard InChI is InChI=1S/C4H10N4/c1-3(5)8-4(6)7-2/h1-2H3,(H4,5,6,7,8). The van der Waals surface area contributed by atoms with Crippen LogP contribution < -0.4 is 11.1 Å². The van der Waals surface area contributed by atoms with Gasteiger partial charge in [0.05, 0.1) is 5.84 Å². The summed E-state index contributed by atoms with van der Waals surface area (Å²) in [6.07, 6.45) is 0. The van der Waals surface area contributed by atoms with Gasteiger partial charge in [-0.3, -0.25) is 5.41 Å². The first-order valence-electron chi connectivity index (χ1n) is 2.24. The Bertz CT molecular complexity index is 111. The van der Waals surface area contributed by atoms with E-state index in [1.165, 1.54) is 0 Å². The molecule has 0 radical (unpaired) electrons. The van der Waals surface area contributed by atoms with Crippen LogP contribution in [0.25, 0.3) is 0 Å². The molecule has 0 saturated carbocycles. The van der Waals surface area contributed by atoms with Crippen LogP contribution in [0, 0.1) is 5.41 Å². The Morgan fingerprint density at radius 3 is 2.38 bits per heavy atom. The van der Waals surface area contributed by atoms with E-state index in [2.05, 4.69) is 10.3 Å². The molecule has 0 unspecified atom stereocenters. The molecule has 0 atom stereocenters. The largest absolute Gasteiger partial charge is 0.387 e. The van der Waals surface area contributed by atoms with Gasteiger partial charge in [-0.05, 0) is 6.92 Å². The van der Waals surface area contributed by atoms with Crippen LogP contribution in [-0.4, -0.2) is 18.8 Å². The van der Waals surface area contributed by atoms with Crippen molar-refractivity contribution in [3.63, 3.8) is 0 Å². The van der Waals surface area contributed by atoms with Crippen molar-refractivity contribution < 1.29 is 0 Å². The number of nitrogens with one attached hydrogen (secondary N) is 2. The average molecular weight is 114 g/mol. The Balaban J connectivity index is 3.70. The summed E-state index contributed by atoms with van der Waals surface area (Å²) in [5, 5.41) is 9.40. The number of amidine groups is 1. The van der Waals surface area contributed by atoms with Crippen LogP contribution in [-0.2, 0) is 0 Å². The lowest BCUT2D eigenvalue weighted by Gasteiger charge is -1.92. The Hall–Kier alpha value is -1.06. The van der Waals surface area contributed by atoms with Crippen LogP contribution in [0.15, 0.2) is 4.99 Å². The van der Waals surface area contributed by atoms with Gasteiger partial charge in [-0.2, -0.15) is 0 Å². The number of rotatable bonds is 0. The zero-order chi connectivity index (χ0) is 6.57. The molecule has 4 nitrogen and oxygen atoms in total. The van der Waals surface area contributed by atoms with E-state index in [-0.39, 0.29) is 5.96 Å². The molecular formula is C4H10N4. The lowest BCUT2D eigenvalue weighted by Crippen LogP contribution is -2.18. The molecule has 0 aliphatic heterocycles. The molecule has 0 aromatic rings. The van der Waals surface area contributed by atoms with E-state index in [0.29, 0.717) is 5.84 Å². The van der Waals surface area contributed by atoms with Gasteiger partial charge in [0.25, 0.3) is 0 Å². The molecule has 0 aliphatic rings. The van der Waals surface area contributed by atoms with Gasteiger partial charge >= 0.3 is 0 Å². The lowest BCUT2D eigenvalue weighted by atomic mass is 10.7. The monoisotopic (exact) mass is 114 g/mol. The predicted octanol–water partition coefficient (Wildman–Crippen LogP) is -0.482. The fourth-order valence-corrected chi connectivity index (χ4v) is 0.232. The van der Waals surface area contributed by atoms with E-state index >= 15 is 0 Å². The molecule has 0 aromatic heterocycles. The smallest absolute Gasteiger partial charge is 0.216 e. The summed E-state index contributed by atoms with van der Waals surface area (Å²) >= 11 is 0. The minimum Gasteiger partial charge on any atom is -0.387 e. The molecule has 0 rings (SSSR count). The Kier molecular flexibility index (Phi) is 2.61. The summed E-state index contributed by atoms with van der Waals surface area (Å²) in [5.74, 6) is 0.481. The quantitative estimate of drug-likeness (QED) is 0.294. The van der Waals surface area contributed by atoms with E-state index in [1.54, 1.807) is 14.0 Å². The fraction of sp³-hybridized carbons (Fsp3) is 0.500. The zero-order valence-electron chi connectivity index (χ0n) is 5.02. The fourth-order valence-electron chi connectivity index (χ4n) is 0.232. The van der Waals surface area contributed by atoms with E-state index in [4.69, 9.17) is 11.1 Å². The molecule has 0 fully saturated rings. The van der Waals surface area contributed by atoms with Gasteiger partial charge < -0.3 is 11.1 Å². The number of hydrogen-bond acceptors (Lipinski definition) is 1. The van der Waals surface area contributed by atoms with Crippen LogP contribution in [0.4, 0.5) is 0 Å². The normalized spacial score (nSPS) is 11.0. The van der Waals surface area contributed by atoms with Crippen LogP contribution in [0.3, 0.4) is 0 Å². The molecule has 4 N–H and O–H groups in total. The van der Waals surface area contributed by atoms with Gasteiger partial charge in [0.1, 0.15) is 0 Å². The summed E-state index contributed by atoms with van der Waals surface area (Å²) < 4.78 is 0. The van der Waals surface area contributed by atoms with E-state index in [1.807, 2.05) is 0 Å². The first-order chi connectivity index (χ1) is 3.66. The highest BCUT2D eigenvalue weighted by atomic mass is 15.1. The van der Waals surface area contributed by atoms with E-state index in [9.17, 15) is 0 Å². The van der Waals surface area contributed by atoms with Crippen molar-refractivity contribution in [2.75, 3.05) is 7.05 Å². The second-order valence-corrected chi connectivity index (χ2v) is 1.35. The van der Waals surface area contributed by atoms with Crippen molar-refractivity contribution in [3.05, 3.63) is 0 Å². The van der Waals surface area contributed by atoms with Gasteiger partial charge in [0, 0.05) is 7.05 Å². The molecule has 4 heteroatoms. The number of guanidine groups is 1. The van der Waals surface area contributed by atoms with Crippen LogP contribution >= 0.6 is 0 Å². The van der Waals surface area contributed by atoms with Crippen molar-refractivity contribution >= 4 is 11.8 Å². The zero-order valence-corrected chi connectivity index (χ0v) is 5.02.